The van der Waals surface area contributed by atoms with Crippen molar-refractivity contribution in [3.63, 3.8) is 0 Å². The van der Waals surface area contributed by atoms with Gasteiger partial charge in [-0.1, -0.05) is 11.8 Å². The Morgan fingerprint density at radius 1 is 1.56 bits per heavy atom. The smallest absolute Gasteiger partial charge is 0.325 e. The summed E-state index contributed by atoms with van der Waals surface area (Å²) in [6, 6.07) is 1.66. The number of amides is 1. The summed E-state index contributed by atoms with van der Waals surface area (Å²) in [5.41, 5.74) is 5.73. The van der Waals surface area contributed by atoms with Gasteiger partial charge in [0.1, 0.15) is 6.54 Å². The van der Waals surface area contributed by atoms with Crippen LogP contribution >= 0.6 is 11.3 Å². The topological polar surface area (TPSA) is 81.4 Å². The molecule has 1 aromatic rings. The molecule has 0 aliphatic rings. The van der Waals surface area contributed by atoms with E-state index in [2.05, 4.69) is 17.2 Å². The van der Waals surface area contributed by atoms with E-state index in [4.69, 9.17) is 10.5 Å². The minimum Gasteiger partial charge on any atom is -0.465 e. The number of nitrogens with two attached hydrogens (primary N) is 1. The maximum absolute atomic E-state index is 11.7. The van der Waals surface area contributed by atoms with E-state index >= 15 is 0 Å². The predicted octanol–water partition coefficient (Wildman–Crippen LogP) is 0.351. The van der Waals surface area contributed by atoms with Gasteiger partial charge in [-0.15, -0.1) is 11.3 Å². The normalized spacial score (nSPS) is 9.22. The third-order valence-corrected chi connectivity index (χ3v) is 2.72. The molecule has 0 aromatic carbocycles. The number of thiophene rings is 1. The second-order valence-corrected chi connectivity index (χ2v) is 4.10. The van der Waals surface area contributed by atoms with E-state index in [1.807, 2.05) is 0 Å². The molecule has 1 aromatic heterocycles. The SMILES string of the molecule is CCOC(=O)CNC(=O)c1csc(C#CCN)c1. The van der Waals surface area contributed by atoms with Crippen molar-refractivity contribution < 1.29 is 14.3 Å². The molecule has 3 N–H and O–H groups in total. The fourth-order valence-corrected chi connectivity index (χ4v) is 1.88. The van der Waals surface area contributed by atoms with Crippen LogP contribution in [0.4, 0.5) is 0 Å². The largest absolute Gasteiger partial charge is 0.465 e. The fraction of sp³-hybridized carbons (Fsp3) is 0.333. The lowest BCUT2D eigenvalue weighted by molar-refractivity contribution is -0.141. The van der Waals surface area contributed by atoms with Gasteiger partial charge >= 0.3 is 5.97 Å². The first-order valence-electron chi connectivity index (χ1n) is 5.38. The zero-order chi connectivity index (χ0) is 13.4. The van der Waals surface area contributed by atoms with Crippen molar-refractivity contribution in [1.82, 2.24) is 5.32 Å². The molecule has 1 heterocycles. The summed E-state index contributed by atoms with van der Waals surface area (Å²) in [5, 5.41) is 4.15. The van der Waals surface area contributed by atoms with Crippen molar-refractivity contribution in [3.05, 3.63) is 21.9 Å². The number of esters is 1. The van der Waals surface area contributed by atoms with E-state index in [0.29, 0.717) is 12.2 Å². The van der Waals surface area contributed by atoms with E-state index in [-0.39, 0.29) is 19.0 Å². The fourth-order valence-electron chi connectivity index (χ4n) is 1.13. The van der Waals surface area contributed by atoms with Gasteiger partial charge in [-0.25, -0.2) is 0 Å². The lowest BCUT2D eigenvalue weighted by Crippen LogP contribution is -2.30. The minimum absolute atomic E-state index is 0.133. The van der Waals surface area contributed by atoms with Crippen molar-refractivity contribution in [2.45, 2.75) is 6.92 Å². The summed E-state index contributed by atoms with van der Waals surface area (Å²) >= 11 is 1.36. The monoisotopic (exact) mass is 266 g/mol. The molecule has 0 atom stereocenters. The van der Waals surface area contributed by atoms with Crippen LogP contribution in [-0.4, -0.2) is 31.6 Å². The molecule has 0 saturated heterocycles. The highest BCUT2D eigenvalue weighted by atomic mass is 32.1. The molecule has 0 saturated carbocycles. The molecule has 5 nitrogen and oxygen atoms in total. The molecule has 1 rings (SSSR count). The molecular weight excluding hydrogens is 252 g/mol. The Hall–Kier alpha value is -1.84. The molecule has 1 amide bonds. The first-order chi connectivity index (χ1) is 8.67. The van der Waals surface area contributed by atoms with Gasteiger partial charge in [-0.3, -0.25) is 9.59 Å². The van der Waals surface area contributed by atoms with Crippen LogP contribution in [0.25, 0.3) is 0 Å². The molecule has 0 spiro atoms. The van der Waals surface area contributed by atoms with Gasteiger partial charge in [-0.05, 0) is 13.0 Å². The zero-order valence-electron chi connectivity index (χ0n) is 9.99. The molecule has 96 valence electrons. The van der Waals surface area contributed by atoms with Gasteiger partial charge in [-0.2, -0.15) is 0 Å². The van der Waals surface area contributed by atoms with E-state index in [1.165, 1.54) is 11.3 Å². The summed E-state index contributed by atoms with van der Waals surface area (Å²) in [5.74, 6) is 4.77. The standard InChI is InChI=1S/C12H14N2O3S/c1-2-17-11(15)7-14-12(16)9-6-10(18-8-9)4-3-5-13/h6,8H,2,5,7,13H2,1H3,(H,14,16). The molecule has 0 bridgehead atoms. The van der Waals surface area contributed by atoms with Crippen molar-refractivity contribution in [2.75, 3.05) is 19.7 Å². The second kappa shape index (κ2) is 7.48. The minimum atomic E-state index is -0.454. The van der Waals surface area contributed by atoms with Crippen LogP contribution in [0, 0.1) is 11.8 Å². The Bertz CT molecular complexity index is 485. The molecular formula is C12H14N2O3S. The summed E-state index contributed by atoms with van der Waals surface area (Å²) in [6.07, 6.45) is 0. The summed E-state index contributed by atoms with van der Waals surface area (Å²) in [4.78, 5) is 23.5. The van der Waals surface area contributed by atoms with Crippen molar-refractivity contribution >= 4 is 23.2 Å². The first-order valence-corrected chi connectivity index (χ1v) is 6.26. The third kappa shape index (κ3) is 4.57. The Balaban J connectivity index is 2.51. The molecule has 0 unspecified atom stereocenters. The van der Waals surface area contributed by atoms with Gasteiger partial charge in [0.05, 0.1) is 23.6 Å². The number of carbonyl (C=O) groups is 2. The Kier molecular flexibility index (Phi) is 5.91. The van der Waals surface area contributed by atoms with Crippen LogP contribution < -0.4 is 11.1 Å². The highest BCUT2D eigenvalue weighted by Gasteiger charge is 2.10. The maximum atomic E-state index is 11.7. The second-order valence-electron chi connectivity index (χ2n) is 3.19. The highest BCUT2D eigenvalue weighted by molar-refractivity contribution is 7.10. The number of carbonyl (C=O) groups excluding carboxylic acids is 2. The van der Waals surface area contributed by atoms with Gasteiger partial charge < -0.3 is 15.8 Å². The van der Waals surface area contributed by atoms with Gasteiger partial charge in [0.15, 0.2) is 0 Å². The molecule has 0 fully saturated rings. The Morgan fingerprint density at radius 2 is 2.33 bits per heavy atom. The molecule has 0 radical (unpaired) electrons. The maximum Gasteiger partial charge on any atom is 0.325 e. The van der Waals surface area contributed by atoms with Crippen LogP contribution in [0.2, 0.25) is 0 Å². The number of ether oxygens (including phenoxy) is 1. The summed E-state index contributed by atoms with van der Waals surface area (Å²) < 4.78 is 4.70. The molecule has 0 aliphatic carbocycles. The first kappa shape index (κ1) is 14.2. The van der Waals surface area contributed by atoms with E-state index in [0.717, 1.165) is 4.88 Å². The van der Waals surface area contributed by atoms with Crippen LogP contribution in [0.1, 0.15) is 22.2 Å². The quantitative estimate of drug-likeness (QED) is 0.608. The average Bonchev–Trinajstić information content (AvgIpc) is 2.82. The number of rotatable bonds is 4. The van der Waals surface area contributed by atoms with Crippen molar-refractivity contribution in [3.8, 4) is 11.8 Å². The third-order valence-electron chi connectivity index (χ3n) is 1.87. The van der Waals surface area contributed by atoms with Crippen LogP contribution in [0.5, 0.6) is 0 Å². The number of hydrogen-bond acceptors (Lipinski definition) is 5. The van der Waals surface area contributed by atoms with E-state index in [1.54, 1.807) is 18.4 Å². The van der Waals surface area contributed by atoms with Crippen LogP contribution in [-0.2, 0) is 9.53 Å². The van der Waals surface area contributed by atoms with Crippen LogP contribution in [0.15, 0.2) is 11.4 Å². The number of nitrogens with one attached hydrogen (secondary N) is 1. The average molecular weight is 266 g/mol. The summed E-state index contributed by atoms with van der Waals surface area (Å²) in [7, 11) is 0. The predicted molar refractivity (Wildman–Crippen MR) is 69.2 cm³/mol. The highest BCUT2D eigenvalue weighted by Crippen LogP contribution is 2.13. The summed E-state index contributed by atoms with van der Waals surface area (Å²) in [6.45, 7) is 2.15. The van der Waals surface area contributed by atoms with Gasteiger partial charge in [0.25, 0.3) is 5.91 Å². The molecule has 0 aliphatic heterocycles. The lowest BCUT2D eigenvalue weighted by atomic mass is 10.3. The lowest BCUT2D eigenvalue weighted by Gasteiger charge is -2.02. The Labute approximate surface area is 109 Å². The van der Waals surface area contributed by atoms with Gasteiger partial charge in [0.2, 0.25) is 0 Å². The molecule has 18 heavy (non-hydrogen) atoms. The van der Waals surface area contributed by atoms with Crippen molar-refractivity contribution in [2.24, 2.45) is 5.73 Å². The Morgan fingerprint density at radius 3 is 3.00 bits per heavy atom. The van der Waals surface area contributed by atoms with E-state index < -0.39 is 5.97 Å². The van der Waals surface area contributed by atoms with E-state index in [9.17, 15) is 9.59 Å². The molecule has 6 heteroatoms. The van der Waals surface area contributed by atoms with Crippen molar-refractivity contribution in [1.29, 1.82) is 0 Å². The number of hydrogen-bond donors (Lipinski definition) is 2. The zero-order valence-corrected chi connectivity index (χ0v) is 10.8. The van der Waals surface area contributed by atoms with Crippen LogP contribution in [0.3, 0.4) is 0 Å². The van der Waals surface area contributed by atoms with Gasteiger partial charge in [0, 0.05) is 5.38 Å².